The van der Waals surface area contributed by atoms with Crippen LogP contribution in [0.4, 0.5) is 0 Å². The zero-order valence-electron chi connectivity index (χ0n) is 18.5. The molecule has 2 N–H and O–H groups in total. The highest BCUT2D eigenvalue weighted by atomic mass is 32.2. The van der Waals surface area contributed by atoms with Crippen LogP contribution in [0, 0.1) is 0 Å². The Labute approximate surface area is 198 Å². The fourth-order valence-electron chi connectivity index (χ4n) is 3.44. The Kier molecular flexibility index (Phi) is 8.22. The molecule has 0 unspecified atom stereocenters. The van der Waals surface area contributed by atoms with Gasteiger partial charge in [0.05, 0.1) is 19.4 Å². The topological polar surface area (TPSA) is 74.6 Å². The van der Waals surface area contributed by atoms with Crippen LogP contribution >= 0.6 is 11.8 Å². The van der Waals surface area contributed by atoms with E-state index < -0.39 is 0 Å². The summed E-state index contributed by atoms with van der Waals surface area (Å²) in [5.41, 5.74) is 1.70. The second-order valence-electron chi connectivity index (χ2n) is 8.18. The van der Waals surface area contributed by atoms with Crippen LogP contribution in [-0.2, 0) is 17.9 Å². The van der Waals surface area contributed by atoms with E-state index in [1.807, 2.05) is 59.5 Å². The van der Waals surface area contributed by atoms with Gasteiger partial charge in [-0.3, -0.25) is 14.5 Å². The lowest BCUT2D eigenvalue weighted by atomic mass is 10.1. The van der Waals surface area contributed by atoms with Crippen LogP contribution in [0.15, 0.2) is 82.3 Å². The molecule has 0 radical (unpaired) electrons. The van der Waals surface area contributed by atoms with Crippen molar-refractivity contribution in [3.05, 3.63) is 89.9 Å². The molecule has 172 valence electrons. The maximum Gasteiger partial charge on any atom is 0.251 e. The predicted molar refractivity (Wildman–Crippen MR) is 130 cm³/mol. The molecule has 4 rings (SSSR count). The summed E-state index contributed by atoms with van der Waals surface area (Å²) in [5, 5.41) is 6.02. The van der Waals surface area contributed by atoms with Gasteiger partial charge in [-0.1, -0.05) is 30.3 Å². The number of hydrogen-bond acceptors (Lipinski definition) is 5. The molecule has 2 aromatic carbocycles. The Hall–Kier alpha value is -3.03. The van der Waals surface area contributed by atoms with Crippen molar-refractivity contribution in [3.8, 4) is 0 Å². The first kappa shape index (κ1) is 23.1. The lowest BCUT2D eigenvalue weighted by Gasteiger charge is -2.21. The van der Waals surface area contributed by atoms with Crippen LogP contribution in [0.1, 0.15) is 34.5 Å². The molecule has 2 amide bonds. The molecule has 1 heterocycles. The van der Waals surface area contributed by atoms with E-state index in [0.29, 0.717) is 31.2 Å². The summed E-state index contributed by atoms with van der Waals surface area (Å²) in [6, 6.07) is 21.8. The highest BCUT2D eigenvalue weighted by molar-refractivity contribution is 7.99. The number of carbonyl (C=O) groups is 2. The SMILES string of the molecule is O=C(CN(Cc1ccc(C(=O)NC2CC2)cc1)Cc1ccco1)NCCSc1ccccc1. The van der Waals surface area contributed by atoms with Crippen molar-refractivity contribution in [3.63, 3.8) is 0 Å². The quantitative estimate of drug-likeness (QED) is 0.313. The third-order valence-corrected chi connectivity index (χ3v) is 6.31. The molecule has 7 heteroatoms. The van der Waals surface area contributed by atoms with E-state index in [0.717, 1.165) is 29.9 Å². The van der Waals surface area contributed by atoms with Crippen molar-refractivity contribution in [1.29, 1.82) is 0 Å². The average Bonchev–Trinajstić information content (AvgIpc) is 3.49. The molecule has 33 heavy (non-hydrogen) atoms. The molecule has 1 fully saturated rings. The molecule has 0 bridgehead atoms. The van der Waals surface area contributed by atoms with Crippen molar-refractivity contribution < 1.29 is 14.0 Å². The van der Waals surface area contributed by atoms with Gasteiger partial charge in [-0.05, 0) is 54.8 Å². The van der Waals surface area contributed by atoms with E-state index in [9.17, 15) is 9.59 Å². The molecule has 1 aliphatic rings. The summed E-state index contributed by atoms with van der Waals surface area (Å²) in [5.74, 6) is 1.58. The first-order valence-electron chi connectivity index (χ1n) is 11.2. The summed E-state index contributed by atoms with van der Waals surface area (Å²) in [7, 11) is 0. The molecule has 0 spiro atoms. The molecule has 0 aliphatic heterocycles. The molecule has 6 nitrogen and oxygen atoms in total. The fraction of sp³-hybridized carbons (Fsp3) is 0.308. The highest BCUT2D eigenvalue weighted by Crippen LogP contribution is 2.20. The van der Waals surface area contributed by atoms with Gasteiger partial charge in [0.25, 0.3) is 5.91 Å². The van der Waals surface area contributed by atoms with Crippen LogP contribution < -0.4 is 10.6 Å². The largest absolute Gasteiger partial charge is 0.468 e. The van der Waals surface area contributed by atoms with Gasteiger partial charge in [-0.2, -0.15) is 0 Å². The molecule has 1 saturated carbocycles. The zero-order valence-corrected chi connectivity index (χ0v) is 19.4. The Balaban J connectivity index is 1.28. The number of hydrogen-bond donors (Lipinski definition) is 2. The minimum Gasteiger partial charge on any atom is -0.468 e. The first-order valence-corrected chi connectivity index (χ1v) is 12.2. The Morgan fingerprint density at radius 2 is 1.76 bits per heavy atom. The van der Waals surface area contributed by atoms with Crippen molar-refractivity contribution in [2.75, 3.05) is 18.8 Å². The van der Waals surface area contributed by atoms with Crippen LogP contribution in [0.5, 0.6) is 0 Å². The van der Waals surface area contributed by atoms with Gasteiger partial charge in [0, 0.05) is 35.3 Å². The van der Waals surface area contributed by atoms with E-state index in [-0.39, 0.29) is 18.4 Å². The summed E-state index contributed by atoms with van der Waals surface area (Å²) in [4.78, 5) is 28.0. The summed E-state index contributed by atoms with van der Waals surface area (Å²) in [6.07, 6.45) is 3.78. The fourth-order valence-corrected chi connectivity index (χ4v) is 4.23. The highest BCUT2D eigenvalue weighted by Gasteiger charge is 2.23. The summed E-state index contributed by atoms with van der Waals surface area (Å²) in [6.45, 7) is 1.99. The van der Waals surface area contributed by atoms with Gasteiger partial charge in [0.2, 0.25) is 5.91 Å². The number of thioether (sulfide) groups is 1. The van der Waals surface area contributed by atoms with Crippen molar-refractivity contribution in [2.45, 2.75) is 36.9 Å². The second kappa shape index (κ2) is 11.7. The van der Waals surface area contributed by atoms with E-state index in [2.05, 4.69) is 22.8 Å². The van der Waals surface area contributed by atoms with Gasteiger partial charge in [0.1, 0.15) is 5.76 Å². The molecular formula is C26H29N3O3S. The predicted octanol–water partition coefficient (Wildman–Crippen LogP) is 4.08. The molecule has 1 aliphatic carbocycles. The number of carbonyl (C=O) groups excluding carboxylic acids is 2. The smallest absolute Gasteiger partial charge is 0.251 e. The standard InChI is InChI=1S/C26H29N3O3S/c30-25(27-14-16-33-24-6-2-1-3-7-24)19-29(18-23-5-4-15-32-23)17-20-8-10-21(11-9-20)26(31)28-22-12-13-22/h1-11,15,22H,12-14,16-19H2,(H,27,30)(H,28,31). The van der Waals surface area contributed by atoms with Gasteiger partial charge >= 0.3 is 0 Å². The van der Waals surface area contributed by atoms with Crippen molar-refractivity contribution in [1.82, 2.24) is 15.5 Å². The third-order valence-electron chi connectivity index (χ3n) is 5.30. The Bertz CT molecular complexity index is 1020. The molecule has 1 aromatic heterocycles. The summed E-state index contributed by atoms with van der Waals surface area (Å²) < 4.78 is 5.49. The number of rotatable bonds is 12. The van der Waals surface area contributed by atoms with Crippen molar-refractivity contribution in [2.24, 2.45) is 0 Å². The average molecular weight is 464 g/mol. The molecule has 0 atom stereocenters. The lowest BCUT2D eigenvalue weighted by Crippen LogP contribution is -2.37. The molecular weight excluding hydrogens is 434 g/mol. The number of amides is 2. The van der Waals surface area contributed by atoms with Gasteiger partial charge in [-0.25, -0.2) is 0 Å². The lowest BCUT2D eigenvalue weighted by molar-refractivity contribution is -0.122. The van der Waals surface area contributed by atoms with Crippen LogP contribution in [0.3, 0.4) is 0 Å². The first-order chi connectivity index (χ1) is 16.2. The number of furan rings is 1. The van der Waals surface area contributed by atoms with Gasteiger partial charge < -0.3 is 15.1 Å². The van der Waals surface area contributed by atoms with Gasteiger partial charge in [-0.15, -0.1) is 11.8 Å². The molecule has 0 saturated heterocycles. The van der Waals surface area contributed by atoms with E-state index >= 15 is 0 Å². The zero-order chi connectivity index (χ0) is 22.9. The van der Waals surface area contributed by atoms with Crippen molar-refractivity contribution >= 4 is 23.6 Å². The monoisotopic (exact) mass is 463 g/mol. The third kappa shape index (κ3) is 7.80. The summed E-state index contributed by atoms with van der Waals surface area (Å²) >= 11 is 1.72. The molecule has 3 aromatic rings. The van der Waals surface area contributed by atoms with E-state index in [4.69, 9.17) is 4.42 Å². The second-order valence-corrected chi connectivity index (χ2v) is 9.35. The maximum atomic E-state index is 12.6. The Morgan fingerprint density at radius 1 is 0.970 bits per heavy atom. The van der Waals surface area contributed by atoms with Crippen LogP contribution in [-0.4, -0.2) is 41.6 Å². The van der Waals surface area contributed by atoms with Gasteiger partial charge in [0.15, 0.2) is 0 Å². The Morgan fingerprint density at radius 3 is 2.45 bits per heavy atom. The minimum absolute atomic E-state index is 0.0179. The van der Waals surface area contributed by atoms with Crippen LogP contribution in [0.2, 0.25) is 0 Å². The van der Waals surface area contributed by atoms with Crippen LogP contribution in [0.25, 0.3) is 0 Å². The van der Waals surface area contributed by atoms with E-state index in [1.165, 1.54) is 4.90 Å². The van der Waals surface area contributed by atoms with E-state index in [1.54, 1.807) is 18.0 Å². The maximum absolute atomic E-state index is 12.6. The normalized spacial score (nSPS) is 13.1. The number of nitrogens with zero attached hydrogens (tertiary/aromatic N) is 1. The number of nitrogens with one attached hydrogen (secondary N) is 2. The minimum atomic E-state index is -0.0239. The number of benzene rings is 2.